The fourth-order valence-corrected chi connectivity index (χ4v) is 4.78. The number of H-pyrrole nitrogens is 1. The zero-order chi connectivity index (χ0) is 24.7. The molecule has 2 heterocycles. The number of nitrogens with one attached hydrogen (secondary N) is 2. The van der Waals surface area contributed by atoms with E-state index in [0.29, 0.717) is 5.56 Å². The molecule has 1 aromatic heterocycles. The standard InChI is InChI=1S/C27H22F3N3O2/c1-16-24(21-11-4-5-12-22(21)31-16)25-19-9-2-3-10-20(19)26(35)33(25)14-13-23(34)32-18-8-6-7-17(15-18)27(28,29)30/h2-12,15,25,31H,13-14H2,1H3,(H,32,34)/t25-/m1/s1. The van der Waals surface area contributed by atoms with Crippen LogP contribution in [0, 0.1) is 6.92 Å². The molecule has 1 atom stereocenters. The third-order valence-corrected chi connectivity index (χ3v) is 6.33. The monoisotopic (exact) mass is 477 g/mol. The van der Waals surface area contributed by atoms with Gasteiger partial charge in [-0.15, -0.1) is 0 Å². The molecule has 4 aromatic rings. The van der Waals surface area contributed by atoms with Crippen LogP contribution in [0.3, 0.4) is 0 Å². The fourth-order valence-electron chi connectivity index (χ4n) is 4.78. The number of nitrogens with zero attached hydrogens (tertiary/aromatic N) is 1. The molecule has 0 fully saturated rings. The van der Waals surface area contributed by atoms with Crippen LogP contribution < -0.4 is 5.32 Å². The Morgan fingerprint density at radius 3 is 2.57 bits per heavy atom. The maximum absolute atomic E-state index is 13.3. The molecule has 0 saturated heterocycles. The third kappa shape index (κ3) is 4.16. The number of hydrogen-bond acceptors (Lipinski definition) is 2. The van der Waals surface area contributed by atoms with Crippen LogP contribution in [0.4, 0.5) is 18.9 Å². The van der Waals surface area contributed by atoms with Gasteiger partial charge in [0.15, 0.2) is 0 Å². The summed E-state index contributed by atoms with van der Waals surface area (Å²) in [6.45, 7) is 2.07. The number of para-hydroxylation sites is 1. The van der Waals surface area contributed by atoms with Gasteiger partial charge >= 0.3 is 6.18 Å². The van der Waals surface area contributed by atoms with Gasteiger partial charge in [0.05, 0.1) is 11.6 Å². The van der Waals surface area contributed by atoms with E-state index in [-0.39, 0.29) is 30.6 Å². The molecule has 8 heteroatoms. The number of rotatable bonds is 5. The van der Waals surface area contributed by atoms with E-state index >= 15 is 0 Å². The van der Waals surface area contributed by atoms with Gasteiger partial charge in [-0.25, -0.2) is 0 Å². The van der Waals surface area contributed by atoms with Crippen LogP contribution in [-0.4, -0.2) is 28.2 Å². The summed E-state index contributed by atoms with van der Waals surface area (Å²) < 4.78 is 39.0. The molecule has 0 unspecified atom stereocenters. The van der Waals surface area contributed by atoms with Crippen molar-refractivity contribution in [2.45, 2.75) is 25.6 Å². The first-order valence-electron chi connectivity index (χ1n) is 11.2. The second-order valence-corrected chi connectivity index (χ2v) is 8.57. The highest BCUT2D eigenvalue weighted by molar-refractivity contribution is 6.01. The Kier molecular flexibility index (Phi) is 5.59. The molecule has 0 radical (unpaired) electrons. The lowest BCUT2D eigenvalue weighted by Crippen LogP contribution is -2.32. The van der Waals surface area contributed by atoms with Gasteiger partial charge in [-0.3, -0.25) is 9.59 Å². The number of aryl methyl sites for hydroxylation is 1. The van der Waals surface area contributed by atoms with Gasteiger partial charge in [-0.05, 0) is 42.8 Å². The maximum Gasteiger partial charge on any atom is 0.416 e. The molecule has 178 valence electrons. The highest BCUT2D eigenvalue weighted by Gasteiger charge is 2.39. The average molecular weight is 477 g/mol. The van der Waals surface area contributed by atoms with E-state index in [1.165, 1.54) is 12.1 Å². The normalized spacial score (nSPS) is 15.5. The van der Waals surface area contributed by atoms with Crippen molar-refractivity contribution < 1.29 is 22.8 Å². The Labute approximate surface area is 199 Å². The van der Waals surface area contributed by atoms with Crippen molar-refractivity contribution in [2.75, 3.05) is 11.9 Å². The highest BCUT2D eigenvalue weighted by Crippen LogP contribution is 2.42. The molecule has 2 N–H and O–H groups in total. The first-order chi connectivity index (χ1) is 16.7. The van der Waals surface area contributed by atoms with E-state index in [0.717, 1.165) is 39.9 Å². The van der Waals surface area contributed by atoms with E-state index in [9.17, 15) is 22.8 Å². The third-order valence-electron chi connectivity index (χ3n) is 6.33. The minimum absolute atomic E-state index is 0.0601. The molecule has 5 nitrogen and oxygen atoms in total. The van der Waals surface area contributed by atoms with E-state index in [2.05, 4.69) is 10.3 Å². The number of amides is 2. The van der Waals surface area contributed by atoms with Crippen molar-refractivity contribution in [3.63, 3.8) is 0 Å². The first-order valence-corrected chi connectivity index (χ1v) is 11.2. The molecule has 0 bridgehead atoms. The van der Waals surface area contributed by atoms with Crippen molar-refractivity contribution in [1.82, 2.24) is 9.88 Å². The molecular formula is C27H22F3N3O2. The van der Waals surface area contributed by atoms with E-state index in [4.69, 9.17) is 0 Å². The van der Waals surface area contributed by atoms with Crippen molar-refractivity contribution in [3.05, 3.63) is 101 Å². The number of hydrogen-bond donors (Lipinski definition) is 2. The summed E-state index contributed by atoms with van der Waals surface area (Å²) in [7, 11) is 0. The molecule has 0 aliphatic carbocycles. The smallest absolute Gasteiger partial charge is 0.358 e. The van der Waals surface area contributed by atoms with Crippen LogP contribution in [0.15, 0.2) is 72.8 Å². The van der Waals surface area contributed by atoms with Crippen LogP contribution in [-0.2, 0) is 11.0 Å². The number of benzene rings is 3. The molecule has 3 aromatic carbocycles. The average Bonchev–Trinajstić information content (AvgIpc) is 3.30. The fraction of sp³-hybridized carbons (Fsp3) is 0.185. The number of aromatic nitrogens is 1. The second-order valence-electron chi connectivity index (χ2n) is 8.57. The number of anilines is 1. The SMILES string of the molecule is Cc1[nH]c2ccccc2c1[C@H]1c2ccccc2C(=O)N1CCC(=O)Nc1cccc(C(F)(F)F)c1. The Balaban J connectivity index is 1.41. The van der Waals surface area contributed by atoms with E-state index < -0.39 is 17.6 Å². The summed E-state index contributed by atoms with van der Waals surface area (Å²) in [6.07, 6.45) is -4.56. The number of fused-ring (bicyclic) bond motifs is 2. The van der Waals surface area contributed by atoms with E-state index in [1.807, 2.05) is 43.3 Å². The number of halogens is 3. The molecule has 5 rings (SSSR count). The van der Waals surface area contributed by atoms with Crippen molar-refractivity contribution >= 4 is 28.4 Å². The molecule has 35 heavy (non-hydrogen) atoms. The van der Waals surface area contributed by atoms with Gasteiger partial charge in [-0.2, -0.15) is 13.2 Å². The second kappa shape index (κ2) is 8.61. The number of aromatic amines is 1. The van der Waals surface area contributed by atoms with Gasteiger partial charge < -0.3 is 15.2 Å². The lowest BCUT2D eigenvalue weighted by molar-refractivity contribution is -0.137. The van der Waals surface area contributed by atoms with E-state index in [1.54, 1.807) is 17.0 Å². The lowest BCUT2D eigenvalue weighted by Gasteiger charge is -2.26. The van der Waals surface area contributed by atoms with Crippen LogP contribution in [0.1, 0.15) is 45.2 Å². The summed E-state index contributed by atoms with van der Waals surface area (Å²) in [5.41, 5.74) is 3.53. The Morgan fingerprint density at radius 2 is 1.77 bits per heavy atom. The summed E-state index contributed by atoms with van der Waals surface area (Å²) in [4.78, 5) is 31.0. The largest absolute Gasteiger partial charge is 0.416 e. The maximum atomic E-state index is 13.3. The van der Waals surface area contributed by atoms with Gasteiger partial charge in [0.2, 0.25) is 5.91 Å². The first kappa shape index (κ1) is 22.7. The predicted molar refractivity (Wildman–Crippen MR) is 127 cm³/mol. The van der Waals surface area contributed by atoms with Crippen LogP contribution >= 0.6 is 0 Å². The van der Waals surface area contributed by atoms with Gasteiger partial charge in [-0.1, -0.05) is 42.5 Å². The van der Waals surface area contributed by atoms with Crippen molar-refractivity contribution in [3.8, 4) is 0 Å². The summed E-state index contributed by atoms with van der Waals surface area (Å²) >= 11 is 0. The Hall–Kier alpha value is -4.07. The predicted octanol–water partition coefficient (Wildman–Crippen LogP) is 6.07. The zero-order valence-electron chi connectivity index (χ0n) is 18.8. The minimum Gasteiger partial charge on any atom is -0.358 e. The minimum atomic E-state index is -4.50. The Bertz CT molecular complexity index is 1440. The molecule has 1 aliphatic rings. The quantitative estimate of drug-likeness (QED) is 0.367. The highest BCUT2D eigenvalue weighted by atomic mass is 19.4. The van der Waals surface area contributed by atoms with Crippen LogP contribution in [0.25, 0.3) is 10.9 Å². The van der Waals surface area contributed by atoms with Gasteiger partial charge in [0.25, 0.3) is 5.91 Å². The summed E-state index contributed by atoms with van der Waals surface area (Å²) in [5.74, 6) is -0.648. The van der Waals surface area contributed by atoms with Crippen LogP contribution in [0.2, 0.25) is 0 Å². The topological polar surface area (TPSA) is 65.2 Å². The van der Waals surface area contributed by atoms with Crippen molar-refractivity contribution in [2.24, 2.45) is 0 Å². The summed E-state index contributed by atoms with van der Waals surface area (Å²) in [6, 6.07) is 19.3. The summed E-state index contributed by atoms with van der Waals surface area (Å²) in [5, 5.41) is 3.52. The molecule has 0 spiro atoms. The van der Waals surface area contributed by atoms with Gasteiger partial charge in [0, 0.05) is 46.4 Å². The van der Waals surface area contributed by atoms with Gasteiger partial charge in [0.1, 0.15) is 0 Å². The Morgan fingerprint density at radius 1 is 1.03 bits per heavy atom. The molecular weight excluding hydrogens is 455 g/mol. The van der Waals surface area contributed by atoms with Crippen molar-refractivity contribution in [1.29, 1.82) is 0 Å². The number of carbonyl (C=O) groups excluding carboxylic acids is 2. The number of carbonyl (C=O) groups is 2. The molecule has 1 aliphatic heterocycles. The molecule has 2 amide bonds. The lowest BCUT2D eigenvalue weighted by atomic mass is 9.95. The number of alkyl halides is 3. The zero-order valence-corrected chi connectivity index (χ0v) is 18.8. The molecule has 0 saturated carbocycles. The van der Waals surface area contributed by atoms with Crippen LogP contribution in [0.5, 0.6) is 0 Å².